The van der Waals surface area contributed by atoms with E-state index in [1.165, 1.54) is 7.11 Å². The standard InChI is InChI=1S/C18H18ClNO5/c1-3-24-14-6-4-13(5-7-14)20-10-12-8-15(19)18(16(9-12)23-2)25-11-17(21)22/h4-10H,3,11H2,1-2H3,(H,21,22). The van der Waals surface area contributed by atoms with Crippen molar-refractivity contribution in [3.05, 3.63) is 47.0 Å². The first-order chi connectivity index (χ1) is 12.0. The first-order valence-electron chi connectivity index (χ1n) is 7.52. The van der Waals surface area contributed by atoms with Crippen LogP contribution in [0.25, 0.3) is 0 Å². The zero-order valence-electron chi connectivity index (χ0n) is 13.9. The Morgan fingerprint density at radius 2 is 1.96 bits per heavy atom. The molecule has 2 aromatic carbocycles. The highest BCUT2D eigenvalue weighted by atomic mass is 35.5. The van der Waals surface area contributed by atoms with Crippen LogP contribution in [0.3, 0.4) is 0 Å². The molecule has 0 amide bonds. The van der Waals surface area contributed by atoms with Gasteiger partial charge < -0.3 is 19.3 Å². The number of nitrogens with zero attached hydrogens (tertiary/aromatic N) is 1. The Hall–Kier alpha value is -2.73. The molecule has 0 heterocycles. The fourth-order valence-corrected chi connectivity index (χ4v) is 2.31. The summed E-state index contributed by atoms with van der Waals surface area (Å²) in [5, 5.41) is 8.95. The summed E-state index contributed by atoms with van der Waals surface area (Å²) in [5.74, 6) is 0.206. The summed E-state index contributed by atoms with van der Waals surface area (Å²) in [6.45, 7) is 2.03. The van der Waals surface area contributed by atoms with Crippen LogP contribution in [0, 0.1) is 0 Å². The number of halogens is 1. The van der Waals surface area contributed by atoms with Gasteiger partial charge in [0.05, 0.1) is 24.4 Å². The van der Waals surface area contributed by atoms with Crippen molar-refractivity contribution in [2.45, 2.75) is 6.92 Å². The molecule has 0 aromatic heterocycles. The highest BCUT2D eigenvalue weighted by Crippen LogP contribution is 2.36. The van der Waals surface area contributed by atoms with Gasteiger partial charge >= 0.3 is 5.97 Å². The third-order valence-electron chi connectivity index (χ3n) is 3.10. The van der Waals surface area contributed by atoms with Gasteiger partial charge in [-0.25, -0.2) is 4.79 Å². The number of aliphatic imine (C=N–C) groups is 1. The molecule has 0 saturated heterocycles. The minimum absolute atomic E-state index is 0.185. The second-order valence-corrected chi connectivity index (χ2v) is 5.31. The number of rotatable bonds is 8. The van der Waals surface area contributed by atoms with Crippen molar-refractivity contribution < 1.29 is 24.1 Å². The van der Waals surface area contributed by atoms with Gasteiger partial charge in [-0.1, -0.05) is 11.6 Å². The summed E-state index contributed by atoms with van der Waals surface area (Å²) in [6, 6.07) is 10.6. The molecule has 0 spiro atoms. The lowest BCUT2D eigenvalue weighted by Gasteiger charge is -2.11. The van der Waals surface area contributed by atoms with Crippen LogP contribution in [-0.2, 0) is 4.79 Å². The van der Waals surface area contributed by atoms with E-state index in [1.54, 1.807) is 18.3 Å². The van der Waals surface area contributed by atoms with Crippen LogP contribution >= 0.6 is 11.6 Å². The van der Waals surface area contributed by atoms with Crippen molar-refractivity contribution in [2.75, 3.05) is 20.3 Å². The molecule has 7 heteroatoms. The Kier molecular flexibility index (Phi) is 6.65. The summed E-state index contributed by atoms with van der Waals surface area (Å²) < 4.78 is 15.8. The third kappa shape index (κ3) is 5.39. The van der Waals surface area contributed by atoms with Crippen LogP contribution in [0.2, 0.25) is 5.02 Å². The molecule has 0 aliphatic rings. The monoisotopic (exact) mass is 363 g/mol. The van der Waals surface area contributed by atoms with Gasteiger partial charge in [0.1, 0.15) is 5.75 Å². The maximum atomic E-state index is 10.6. The number of carboxylic acids is 1. The first kappa shape index (κ1) is 18.6. The Labute approximate surface area is 150 Å². The Bertz CT molecular complexity index is 759. The van der Waals surface area contributed by atoms with Gasteiger partial charge in [0, 0.05) is 6.21 Å². The number of ether oxygens (including phenoxy) is 3. The van der Waals surface area contributed by atoms with E-state index in [1.807, 2.05) is 31.2 Å². The SMILES string of the molecule is CCOc1ccc(N=Cc2cc(Cl)c(OCC(=O)O)c(OC)c2)cc1. The van der Waals surface area contributed by atoms with Crippen molar-refractivity contribution in [2.24, 2.45) is 4.99 Å². The number of hydrogen-bond donors (Lipinski definition) is 1. The van der Waals surface area contributed by atoms with Crippen molar-refractivity contribution >= 4 is 29.5 Å². The van der Waals surface area contributed by atoms with E-state index in [0.29, 0.717) is 17.9 Å². The van der Waals surface area contributed by atoms with E-state index in [-0.39, 0.29) is 10.8 Å². The Morgan fingerprint density at radius 1 is 1.24 bits per heavy atom. The number of carbonyl (C=O) groups is 1. The van der Waals surface area contributed by atoms with Crippen molar-refractivity contribution in [3.8, 4) is 17.2 Å². The minimum atomic E-state index is -1.10. The second-order valence-electron chi connectivity index (χ2n) is 4.90. The van der Waals surface area contributed by atoms with E-state index in [0.717, 1.165) is 11.4 Å². The fourth-order valence-electron chi connectivity index (χ4n) is 2.03. The molecule has 6 nitrogen and oxygen atoms in total. The quantitative estimate of drug-likeness (QED) is 0.718. The van der Waals surface area contributed by atoms with Gasteiger partial charge in [-0.3, -0.25) is 4.99 Å². The molecule has 2 aromatic rings. The summed E-state index contributed by atoms with van der Waals surface area (Å²) in [7, 11) is 1.45. The first-order valence-corrected chi connectivity index (χ1v) is 7.90. The van der Waals surface area contributed by atoms with E-state index in [2.05, 4.69) is 4.99 Å². The highest BCUT2D eigenvalue weighted by Gasteiger charge is 2.13. The molecule has 2 rings (SSSR count). The third-order valence-corrected chi connectivity index (χ3v) is 3.38. The zero-order valence-corrected chi connectivity index (χ0v) is 14.6. The zero-order chi connectivity index (χ0) is 18.2. The molecule has 132 valence electrons. The van der Waals surface area contributed by atoms with Crippen molar-refractivity contribution in [3.63, 3.8) is 0 Å². The topological polar surface area (TPSA) is 77.4 Å². The van der Waals surface area contributed by atoms with Gasteiger partial charge in [0.2, 0.25) is 0 Å². The van der Waals surface area contributed by atoms with Crippen LogP contribution in [0.1, 0.15) is 12.5 Å². The Morgan fingerprint density at radius 3 is 2.56 bits per heavy atom. The summed E-state index contributed by atoms with van der Waals surface area (Å²) >= 11 is 6.16. The van der Waals surface area contributed by atoms with Crippen molar-refractivity contribution in [1.29, 1.82) is 0 Å². The average molecular weight is 364 g/mol. The summed E-state index contributed by atoms with van der Waals surface area (Å²) in [5.41, 5.74) is 1.45. The fraction of sp³-hybridized carbons (Fsp3) is 0.222. The Balaban J connectivity index is 2.18. The molecule has 0 saturated carbocycles. The van der Waals surface area contributed by atoms with E-state index in [9.17, 15) is 4.79 Å². The molecule has 0 fully saturated rings. The average Bonchev–Trinajstić information content (AvgIpc) is 2.59. The normalized spacial score (nSPS) is 10.7. The van der Waals surface area contributed by atoms with E-state index in [4.69, 9.17) is 30.9 Å². The molecule has 25 heavy (non-hydrogen) atoms. The van der Waals surface area contributed by atoms with Crippen LogP contribution in [-0.4, -0.2) is 37.6 Å². The lowest BCUT2D eigenvalue weighted by Crippen LogP contribution is -2.10. The molecule has 0 bridgehead atoms. The predicted octanol–water partition coefficient (Wildman–Crippen LogP) is 3.96. The summed E-state index contributed by atoms with van der Waals surface area (Å²) in [4.78, 5) is 15.0. The molecular weight excluding hydrogens is 346 g/mol. The predicted molar refractivity (Wildman–Crippen MR) is 96.0 cm³/mol. The van der Waals surface area contributed by atoms with E-state index >= 15 is 0 Å². The van der Waals surface area contributed by atoms with Gasteiger partial charge in [0.15, 0.2) is 18.1 Å². The number of carboxylic acid groups (broad SMARTS) is 1. The smallest absolute Gasteiger partial charge is 0.341 e. The molecule has 0 unspecified atom stereocenters. The lowest BCUT2D eigenvalue weighted by molar-refractivity contribution is -0.139. The maximum absolute atomic E-state index is 10.6. The highest BCUT2D eigenvalue weighted by molar-refractivity contribution is 6.32. The molecule has 0 radical (unpaired) electrons. The number of hydrogen-bond acceptors (Lipinski definition) is 5. The van der Waals surface area contributed by atoms with Crippen LogP contribution < -0.4 is 14.2 Å². The molecule has 1 N–H and O–H groups in total. The van der Waals surface area contributed by atoms with Gasteiger partial charge in [-0.15, -0.1) is 0 Å². The van der Waals surface area contributed by atoms with Crippen molar-refractivity contribution in [1.82, 2.24) is 0 Å². The van der Waals surface area contributed by atoms with Crippen LogP contribution in [0.15, 0.2) is 41.4 Å². The van der Waals surface area contributed by atoms with Gasteiger partial charge in [-0.2, -0.15) is 0 Å². The number of aliphatic carboxylic acids is 1. The van der Waals surface area contributed by atoms with Crippen LogP contribution in [0.5, 0.6) is 17.2 Å². The largest absolute Gasteiger partial charge is 0.494 e. The number of methoxy groups -OCH3 is 1. The van der Waals surface area contributed by atoms with Gasteiger partial charge in [0.25, 0.3) is 0 Å². The molecule has 0 aliphatic heterocycles. The summed E-state index contributed by atoms with van der Waals surface area (Å²) in [6.07, 6.45) is 1.63. The molecule has 0 atom stereocenters. The minimum Gasteiger partial charge on any atom is -0.494 e. The maximum Gasteiger partial charge on any atom is 0.341 e. The molecule has 0 aliphatic carbocycles. The second kappa shape index (κ2) is 8.94. The molecular formula is C18H18ClNO5. The van der Waals surface area contributed by atoms with E-state index < -0.39 is 12.6 Å². The van der Waals surface area contributed by atoms with Crippen LogP contribution in [0.4, 0.5) is 5.69 Å². The number of benzene rings is 2. The lowest BCUT2D eigenvalue weighted by atomic mass is 10.2. The van der Waals surface area contributed by atoms with Gasteiger partial charge in [-0.05, 0) is 48.9 Å².